The number of alkyl carbamates (subject to hydrolysis) is 1. The number of hydrogen-bond donors (Lipinski definition) is 2. The first-order valence-corrected chi connectivity index (χ1v) is 7.09. The summed E-state index contributed by atoms with van der Waals surface area (Å²) in [6.45, 7) is 12.1. The van der Waals surface area contributed by atoms with Crippen LogP contribution in [0.3, 0.4) is 0 Å². The molecule has 2 saturated heterocycles. The summed E-state index contributed by atoms with van der Waals surface area (Å²) < 4.78 is 10.7. The van der Waals surface area contributed by atoms with E-state index >= 15 is 0 Å². The van der Waals surface area contributed by atoms with Crippen LogP contribution in [0.4, 0.5) is 4.79 Å². The van der Waals surface area contributed by atoms with Crippen LogP contribution in [-0.2, 0) is 9.47 Å². The normalized spacial score (nSPS) is 29.7. The van der Waals surface area contributed by atoms with E-state index in [-0.39, 0.29) is 11.5 Å². The summed E-state index contributed by atoms with van der Waals surface area (Å²) in [7, 11) is 0. The van der Waals surface area contributed by atoms with E-state index < -0.39 is 5.60 Å². The lowest BCUT2D eigenvalue weighted by molar-refractivity contribution is -0.182. The molecule has 1 spiro atoms. The molecule has 0 aromatic rings. The Balaban J connectivity index is 1.86. The fourth-order valence-corrected chi connectivity index (χ4v) is 2.94. The number of carbonyl (C=O) groups is 1. The largest absolute Gasteiger partial charge is 0.444 e. The van der Waals surface area contributed by atoms with Gasteiger partial charge in [0.15, 0.2) is 0 Å². The van der Waals surface area contributed by atoms with Gasteiger partial charge in [-0.15, -0.1) is 0 Å². The lowest BCUT2D eigenvalue weighted by Crippen LogP contribution is -2.63. The van der Waals surface area contributed by atoms with Gasteiger partial charge in [0, 0.05) is 18.5 Å². The molecule has 0 bridgehead atoms. The summed E-state index contributed by atoms with van der Waals surface area (Å²) in [6.07, 6.45) is -0.332. The van der Waals surface area contributed by atoms with Crippen molar-refractivity contribution in [2.24, 2.45) is 17.3 Å². The molecule has 5 heteroatoms. The van der Waals surface area contributed by atoms with Crippen molar-refractivity contribution >= 4 is 6.09 Å². The lowest BCUT2D eigenvalue weighted by atomic mass is 9.63. The van der Waals surface area contributed by atoms with Crippen molar-refractivity contribution in [3.8, 4) is 0 Å². The van der Waals surface area contributed by atoms with Gasteiger partial charge in [0.2, 0.25) is 0 Å². The molecule has 1 amide bonds. The SMILES string of the molecule is CC1CNCC(CNC(=O)OC(C)(C)C)C12COC2. The first kappa shape index (κ1) is 14.6. The Morgan fingerprint density at radius 1 is 1.42 bits per heavy atom. The standard InChI is InChI=1S/C14H26N2O3/c1-10-5-15-6-11(14(10)8-18-9-14)7-16-12(17)19-13(2,3)4/h10-11,15H,5-9H2,1-4H3,(H,16,17). The molecule has 0 radical (unpaired) electrons. The predicted octanol–water partition coefficient (Wildman–Crippen LogP) is 1.38. The zero-order valence-electron chi connectivity index (χ0n) is 12.4. The summed E-state index contributed by atoms with van der Waals surface area (Å²) in [5, 5.41) is 6.33. The summed E-state index contributed by atoms with van der Waals surface area (Å²) in [5.41, 5.74) is -0.209. The van der Waals surface area contributed by atoms with E-state index in [0.717, 1.165) is 26.3 Å². The zero-order valence-corrected chi connectivity index (χ0v) is 12.4. The molecule has 110 valence electrons. The predicted molar refractivity (Wildman–Crippen MR) is 73.0 cm³/mol. The highest BCUT2D eigenvalue weighted by Crippen LogP contribution is 2.44. The average molecular weight is 270 g/mol. The summed E-state index contributed by atoms with van der Waals surface area (Å²) in [6, 6.07) is 0. The van der Waals surface area contributed by atoms with Crippen molar-refractivity contribution < 1.29 is 14.3 Å². The molecule has 2 unspecified atom stereocenters. The molecule has 0 saturated carbocycles. The summed E-state index contributed by atoms with van der Waals surface area (Å²) >= 11 is 0. The van der Waals surface area contributed by atoms with Gasteiger partial charge >= 0.3 is 6.09 Å². The van der Waals surface area contributed by atoms with E-state index in [0.29, 0.717) is 18.4 Å². The summed E-state index contributed by atoms with van der Waals surface area (Å²) in [4.78, 5) is 11.7. The number of amides is 1. The molecule has 2 N–H and O–H groups in total. The van der Waals surface area contributed by atoms with Crippen molar-refractivity contribution in [1.82, 2.24) is 10.6 Å². The van der Waals surface area contributed by atoms with Crippen molar-refractivity contribution in [1.29, 1.82) is 0 Å². The van der Waals surface area contributed by atoms with Crippen LogP contribution in [0, 0.1) is 17.3 Å². The second-order valence-corrected chi connectivity index (χ2v) is 6.86. The van der Waals surface area contributed by atoms with Gasteiger partial charge in [0.25, 0.3) is 0 Å². The van der Waals surface area contributed by atoms with Gasteiger partial charge in [-0.25, -0.2) is 4.79 Å². The highest BCUT2D eigenvalue weighted by atomic mass is 16.6. The van der Waals surface area contributed by atoms with Crippen LogP contribution in [0.2, 0.25) is 0 Å². The number of carbonyl (C=O) groups excluding carboxylic acids is 1. The number of nitrogens with one attached hydrogen (secondary N) is 2. The maximum absolute atomic E-state index is 11.7. The second kappa shape index (κ2) is 5.29. The van der Waals surface area contributed by atoms with Crippen LogP contribution < -0.4 is 10.6 Å². The smallest absolute Gasteiger partial charge is 0.407 e. The molecule has 5 nitrogen and oxygen atoms in total. The van der Waals surface area contributed by atoms with E-state index in [9.17, 15) is 4.79 Å². The molecular weight excluding hydrogens is 244 g/mol. The monoisotopic (exact) mass is 270 g/mol. The fourth-order valence-electron chi connectivity index (χ4n) is 2.94. The Kier molecular flexibility index (Phi) is 4.06. The van der Waals surface area contributed by atoms with Gasteiger partial charge in [-0.2, -0.15) is 0 Å². The van der Waals surface area contributed by atoms with Crippen LogP contribution >= 0.6 is 0 Å². The molecular formula is C14H26N2O3. The molecule has 2 aliphatic rings. The van der Waals surface area contributed by atoms with Gasteiger partial charge in [0.05, 0.1) is 13.2 Å². The highest BCUT2D eigenvalue weighted by molar-refractivity contribution is 5.67. The number of ether oxygens (including phenoxy) is 2. The molecule has 2 fully saturated rings. The molecule has 2 heterocycles. The Morgan fingerprint density at radius 2 is 2.11 bits per heavy atom. The van der Waals surface area contributed by atoms with E-state index in [2.05, 4.69) is 17.6 Å². The third-order valence-electron chi connectivity index (χ3n) is 4.27. The van der Waals surface area contributed by atoms with Crippen LogP contribution in [0.1, 0.15) is 27.7 Å². The fraction of sp³-hybridized carbons (Fsp3) is 0.929. The van der Waals surface area contributed by atoms with Crippen LogP contribution in [0.15, 0.2) is 0 Å². The number of piperidine rings is 1. The molecule has 2 aliphatic heterocycles. The minimum Gasteiger partial charge on any atom is -0.444 e. The van der Waals surface area contributed by atoms with Crippen molar-refractivity contribution in [3.05, 3.63) is 0 Å². The molecule has 0 aromatic carbocycles. The lowest BCUT2D eigenvalue weighted by Gasteiger charge is -2.54. The molecule has 2 rings (SSSR count). The minimum atomic E-state index is -0.445. The average Bonchev–Trinajstić information content (AvgIpc) is 2.21. The third kappa shape index (κ3) is 3.20. The number of hydrogen-bond acceptors (Lipinski definition) is 4. The Hall–Kier alpha value is -0.810. The molecule has 0 aromatic heterocycles. The first-order chi connectivity index (χ1) is 8.83. The van der Waals surface area contributed by atoms with Crippen LogP contribution in [-0.4, -0.2) is 44.5 Å². The van der Waals surface area contributed by atoms with Gasteiger partial charge < -0.3 is 20.1 Å². The molecule has 0 aliphatic carbocycles. The maximum Gasteiger partial charge on any atom is 0.407 e. The molecule has 19 heavy (non-hydrogen) atoms. The van der Waals surface area contributed by atoms with Gasteiger partial charge in [-0.05, 0) is 39.2 Å². The second-order valence-electron chi connectivity index (χ2n) is 6.86. The van der Waals surface area contributed by atoms with E-state index in [1.807, 2.05) is 20.8 Å². The van der Waals surface area contributed by atoms with Crippen LogP contribution in [0.5, 0.6) is 0 Å². The Bertz CT molecular complexity index is 334. The zero-order chi connectivity index (χ0) is 14.1. The topological polar surface area (TPSA) is 59.6 Å². The maximum atomic E-state index is 11.7. The van der Waals surface area contributed by atoms with E-state index in [1.54, 1.807) is 0 Å². The van der Waals surface area contributed by atoms with E-state index in [1.165, 1.54) is 0 Å². The third-order valence-corrected chi connectivity index (χ3v) is 4.27. The quantitative estimate of drug-likeness (QED) is 0.796. The van der Waals surface area contributed by atoms with Gasteiger partial charge in [-0.1, -0.05) is 6.92 Å². The first-order valence-electron chi connectivity index (χ1n) is 7.09. The van der Waals surface area contributed by atoms with Gasteiger partial charge in [-0.3, -0.25) is 0 Å². The van der Waals surface area contributed by atoms with Gasteiger partial charge in [0.1, 0.15) is 5.60 Å². The van der Waals surface area contributed by atoms with E-state index in [4.69, 9.17) is 9.47 Å². The number of rotatable bonds is 2. The Labute approximate surface area is 115 Å². The van der Waals surface area contributed by atoms with Crippen molar-refractivity contribution in [3.63, 3.8) is 0 Å². The molecule has 2 atom stereocenters. The highest BCUT2D eigenvalue weighted by Gasteiger charge is 2.51. The van der Waals surface area contributed by atoms with Crippen LogP contribution in [0.25, 0.3) is 0 Å². The van der Waals surface area contributed by atoms with Crippen molar-refractivity contribution in [2.45, 2.75) is 33.3 Å². The minimum absolute atomic E-state index is 0.236. The Morgan fingerprint density at radius 3 is 2.63 bits per heavy atom. The van der Waals surface area contributed by atoms with Crippen molar-refractivity contribution in [2.75, 3.05) is 32.8 Å². The summed E-state index contributed by atoms with van der Waals surface area (Å²) in [5.74, 6) is 0.998.